The highest BCUT2D eigenvalue weighted by Crippen LogP contribution is 2.41. The van der Waals surface area contributed by atoms with Gasteiger partial charge in [0.15, 0.2) is 0 Å². The summed E-state index contributed by atoms with van der Waals surface area (Å²) in [6.45, 7) is 8.44. The van der Waals surface area contributed by atoms with E-state index in [-0.39, 0.29) is 12.7 Å². The van der Waals surface area contributed by atoms with E-state index in [1.54, 1.807) is 13.2 Å². The van der Waals surface area contributed by atoms with Crippen LogP contribution in [-0.4, -0.2) is 74.8 Å². The van der Waals surface area contributed by atoms with Gasteiger partial charge < -0.3 is 23.9 Å². The van der Waals surface area contributed by atoms with Crippen LogP contribution in [-0.2, 0) is 17.8 Å². The summed E-state index contributed by atoms with van der Waals surface area (Å²) < 4.78 is 13.0. The number of aliphatic hydroxyl groups excluding tert-OH is 1. The van der Waals surface area contributed by atoms with Crippen LogP contribution in [0.5, 0.6) is 5.75 Å². The van der Waals surface area contributed by atoms with E-state index in [0.29, 0.717) is 34.7 Å². The molecule has 2 bridgehead atoms. The van der Waals surface area contributed by atoms with Crippen LogP contribution < -0.4 is 4.74 Å². The number of hydrogen-bond acceptors (Lipinski definition) is 6. The maximum absolute atomic E-state index is 12.5. The number of nitrogens with zero attached hydrogens (tertiary/aromatic N) is 4. The van der Waals surface area contributed by atoms with Crippen LogP contribution in [0.3, 0.4) is 0 Å². The third-order valence-corrected chi connectivity index (χ3v) is 9.89. The van der Waals surface area contributed by atoms with Crippen molar-refractivity contribution >= 4 is 23.3 Å². The summed E-state index contributed by atoms with van der Waals surface area (Å²) in [4.78, 5) is 22.1. The molecule has 1 aromatic carbocycles. The fraction of sp³-hybridized carbons (Fsp3) is 0.588. The second-order valence-corrected chi connectivity index (χ2v) is 14.2. The monoisotopic (exact) mass is 608 g/mol. The van der Waals surface area contributed by atoms with E-state index in [1.807, 2.05) is 42.3 Å². The van der Waals surface area contributed by atoms with E-state index in [9.17, 15) is 9.90 Å². The Hall–Kier alpha value is -2.81. The van der Waals surface area contributed by atoms with E-state index < -0.39 is 5.60 Å². The van der Waals surface area contributed by atoms with Crippen molar-refractivity contribution in [3.8, 4) is 17.0 Å². The van der Waals surface area contributed by atoms with E-state index in [1.165, 1.54) is 31.2 Å². The van der Waals surface area contributed by atoms with Crippen LogP contribution in [0.4, 0.5) is 4.79 Å². The zero-order chi connectivity index (χ0) is 30.3. The molecule has 0 radical (unpaired) electrons. The first kappa shape index (κ1) is 30.2. The van der Waals surface area contributed by atoms with Crippen molar-refractivity contribution in [2.24, 2.45) is 11.8 Å². The number of likely N-dealkylation sites (tertiary alicyclic amines) is 1. The van der Waals surface area contributed by atoms with Gasteiger partial charge >= 0.3 is 6.09 Å². The number of carbonyl (C=O) groups is 1. The number of fused-ring (bicyclic) bond motifs is 3. The van der Waals surface area contributed by atoms with Gasteiger partial charge in [0.2, 0.25) is 0 Å². The molecule has 1 N–H and O–H groups in total. The van der Waals surface area contributed by atoms with Crippen LogP contribution in [0.2, 0.25) is 5.02 Å². The zero-order valence-electron chi connectivity index (χ0n) is 25.9. The van der Waals surface area contributed by atoms with Gasteiger partial charge in [0, 0.05) is 49.7 Å². The fourth-order valence-corrected chi connectivity index (χ4v) is 7.75. The molecule has 3 aromatic rings. The molecule has 9 heteroatoms. The van der Waals surface area contributed by atoms with Crippen LogP contribution in [0.15, 0.2) is 36.7 Å². The first-order valence-electron chi connectivity index (χ1n) is 15.8. The molecule has 2 aromatic heterocycles. The molecular weight excluding hydrogens is 564 g/mol. The molecular formula is C34H45ClN4O4. The second kappa shape index (κ2) is 12.3. The number of halogens is 1. The minimum atomic E-state index is -0.443. The highest BCUT2D eigenvalue weighted by molar-refractivity contribution is 6.32. The topological polar surface area (TPSA) is 79.5 Å². The van der Waals surface area contributed by atoms with E-state index in [0.717, 1.165) is 61.4 Å². The number of imidazole rings is 1. The van der Waals surface area contributed by atoms with E-state index in [2.05, 4.69) is 23.2 Å². The van der Waals surface area contributed by atoms with Gasteiger partial charge in [-0.05, 0) is 113 Å². The maximum Gasteiger partial charge on any atom is 0.410 e. The number of rotatable bonds is 7. The maximum atomic E-state index is 12.5. The minimum absolute atomic E-state index is 0.117. The van der Waals surface area contributed by atoms with Gasteiger partial charge in [0.25, 0.3) is 0 Å². The molecule has 1 amide bonds. The second-order valence-electron chi connectivity index (χ2n) is 13.8. The van der Waals surface area contributed by atoms with Crippen molar-refractivity contribution in [3.63, 3.8) is 0 Å². The highest BCUT2D eigenvalue weighted by atomic mass is 35.5. The first-order valence-corrected chi connectivity index (χ1v) is 16.2. The lowest BCUT2D eigenvalue weighted by Crippen LogP contribution is -2.48. The molecule has 3 atom stereocenters. The lowest BCUT2D eigenvalue weighted by molar-refractivity contribution is 0.0138. The zero-order valence-corrected chi connectivity index (χ0v) is 26.6. The van der Waals surface area contributed by atoms with Crippen molar-refractivity contribution in [2.75, 3.05) is 26.7 Å². The Morgan fingerprint density at radius 2 is 1.79 bits per heavy atom. The third-order valence-electron chi connectivity index (χ3n) is 9.59. The highest BCUT2D eigenvalue weighted by Gasteiger charge is 2.41. The summed E-state index contributed by atoms with van der Waals surface area (Å²) in [5.41, 5.74) is 4.13. The van der Waals surface area contributed by atoms with Gasteiger partial charge in [0.1, 0.15) is 17.0 Å². The smallest absolute Gasteiger partial charge is 0.410 e. The Morgan fingerprint density at radius 1 is 1.07 bits per heavy atom. The molecule has 0 aliphatic carbocycles. The molecule has 8 nitrogen and oxygen atoms in total. The average molecular weight is 609 g/mol. The Balaban J connectivity index is 1.06. The molecule has 3 aliphatic rings. The third kappa shape index (κ3) is 6.66. The standard InChI is InChI=1S/C34H45ClN4O4/c1-34(2,3)43-33(41)37-10-7-22(8-11-37)19-39-26-5-6-27(39)15-24(14-26)13-23-9-12-38-20-30(36-32(38)16-23)28-18-29(35)31(42-4)17-25(28)21-40/h9,12,16-18,20,22,24,26-27,40H,5-8,10-11,13-15,19,21H2,1-4H3/t24?,26-,27+. The van der Waals surface area contributed by atoms with Crippen LogP contribution in [0.1, 0.15) is 70.4 Å². The number of aliphatic hydroxyl groups is 1. The van der Waals surface area contributed by atoms with Crippen LogP contribution in [0, 0.1) is 11.8 Å². The number of hydrogen-bond donors (Lipinski definition) is 1. The Bertz CT molecular complexity index is 1440. The number of carbonyl (C=O) groups excluding carboxylic acids is 1. The summed E-state index contributed by atoms with van der Waals surface area (Å²) in [7, 11) is 1.57. The normalized spacial score (nSPS) is 23.2. The lowest BCUT2D eigenvalue weighted by atomic mass is 9.85. The number of benzene rings is 1. The molecule has 0 spiro atoms. The quantitative estimate of drug-likeness (QED) is 0.326. The number of aromatic nitrogens is 2. The number of pyridine rings is 1. The largest absolute Gasteiger partial charge is 0.495 e. The number of amides is 1. The molecule has 6 rings (SSSR count). The van der Waals surface area contributed by atoms with Gasteiger partial charge in [-0.2, -0.15) is 0 Å². The van der Waals surface area contributed by atoms with Gasteiger partial charge in [-0.15, -0.1) is 0 Å². The van der Waals surface area contributed by atoms with Crippen molar-refractivity contribution in [1.29, 1.82) is 0 Å². The van der Waals surface area contributed by atoms with Gasteiger partial charge in [0.05, 0.1) is 24.4 Å². The lowest BCUT2D eigenvalue weighted by Gasteiger charge is -2.42. The predicted octanol–water partition coefficient (Wildman–Crippen LogP) is 6.59. The Kier molecular flexibility index (Phi) is 8.64. The summed E-state index contributed by atoms with van der Waals surface area (Å²) in [5.74, 6) is 1.88. The van der Waals surface area contributed by atoms with Crippen LogP contribution >= 0.6 is 11.6 Å². The SMILES string of the molecule is COc1cc(CO)c(-c2cn3ccc(CC4C[C@H]5CC[C@@H](C4)N5CC4CCN(C(=O)OC(C)(C)C)CC4)cc3n2)cc1Cl. The molecule has 3 aliphatic heterocycles. The molecule has 232 valence electrons. The number of piperidine rings is 2. The molecule has 5 heterocycles. The van der Waals surface area contributed by atoms with Crippen molar-refractivity contribution < 1.29 is 19.4 Å². The minimum Gasteiger partial charge on any atom is -0.495 e. The summed E-state index contributed by atoms with van der Waals surface area (Å²) in [5, 5.41) is 10.5. The Labute approximate surface area is 259 Å². The summed E-state index contributed by atoms with van der Waals surface area (Å²) in [6.07, 6.45) is 12.2. The Morgan fingerprint density at radius 3 is 2.44 bits per heavy atom. The fourth-order valence-electron chi connectivity index (χ4n) is 7.51. The molecule has 43 heavy (non-hydrogen) atoms. The average Bonchev–Trinajstić information content (AvgIpc) is 3.48. The number of methoxy groups -OCH3 is 1. The molecule has 0 saturated carbocycles. The van der Waals surface area contributed by atoms with Gasteiger partial charge in [-0.25, -0.2) is 9.78 Å². The van der Waals surface area contributed by atoms with Crippen LogP contribution in [0.25, 0.3) is 16.9 Å². The first-order chi connectivity index (χ1) is 20.6. The van der Waals surface area contributed by atoms with Gasteiger partial charge in [-0.1, -0.05) is 11.6 Å². The molecule has 3 fully saturated rings. The summed E-state index contributed by atoms with van der Waals surface area (Å²) in [6, 6.07) is 9.37. The molecule has 1 unspecified atom stereocenters. The van der Waals surface area contributed by atoms with Crippen molar-refractivity contribution in [1.82, 2.24) is 19.2 Å². The van der Waals surface area contributed by atoms with Crippen molar-refractivity contribution in [2.45, 2.75) is 90.0 Å². The van der Waals surface area contributed by atoms with E-state index in [4.69, 9.17) is 26.1 Å². The predicted molar refractivity (Wildman–Crippen MR) is 169 cm³/mol. The van der Waals surface area contributed by atoms with E-state index >= 15 is 0 Å². The number of ether oxygens (including phenoxy) is 2. The molecule has 3 saturated heterocycles. The summed E-state index contributed by atoms with van der Waals surface area (Å²) >= 11 is 6.41. The van der Waals surface area contributed by atoms with Gasteiger partial charge in [-0.3, -0.25) is 4.90 Å². The van der Waals surface area contributed by atoms with Crippen molar-refractivity contribution in [3.05, 3.63) is 52.8 Å².